The van der Waals surface area contributed by atoms with E-state index in [9.17, 15) is 0 Å². The Bertz CT molecular complexity index is 3220. The van der Waals surface area contributed by atoms with Gasteiger partial charge in [-0.25, -0.2) is 0 Å². The first kappa shape index (κ1) is 62.0. The van der Waals surface area contributed by atoms with E-state index in [-0.39, 0.29) is 66.1 Å². The van der Waals surface area contributed by atoms with Crippen LogP contribution < -0.4 is 5.32 Å². The summed E-state index contributed by atoms with van der Waals surface area (Å²) in [6.45, 7) is 29.2. The zero-order chi connectivity index (χ0) is 60.5. The minimum absolute atomic E-state index is 0.178. The van der Waals surface area contributed by atoms with Crippen molar-refractivity contribution in [2.75, 3.05) is 13.2 Å². The van der Waals surface area contributed by atoms with Crippen LogP contribution >= 0.6 is 0 Å². The van der Waals surface area contributed by atoms with Crippen molar-refractivity contribution in [1.82, 2.24) is 5.32 Å². The van der Waals surface area contributed by atoms with Gasteiger partial charge in [-0.2, -0.15) is 0 Å². The zero-order valence-corrected chi connectivity index (χ0v) is 53.1. The molecule has 3 unspecified atom stereocenters. The number of rotatable bonds is 18. The standard InChI is InChI=1S/C74H94N4O8/c1-49-59(79-43-51-25-17-13-18-26-51)36-61(81-45-53-29-21-15-22-30-53)67(85-49)73(11)41-56-33-55-39-72(10,48-84-70(6,7)8)64(75-55)38-66-74(12,42-58(78-66)34-63-71(9,47-83-69(3,4)5)40-57(76-63)35-65(73)77-56)68-62(82-46-54-31-23-16-24-32-54)37-60(50(2)86-68)80-44-52-27-19-14-20-28-52/h13-35,38,49-50,59-62,65,67-68,75H,36-37,39-48H2,1-12H3/b55-33-,57-35-,58-34-,64-38-/t49-,50-,59-,60-,61-,62-,65?,67-,68-,71?,72?,73-,74-/m1/s1. The molecule has 12 nitrogen and oxygen atoms in total. The van der Waals surface area contributed by atoms with Crippen molar-refractivity contribution in [2.45, 2.75) is 214 Å². The highest BCUT2D eigenvalue weighted by Crippen LogP contribution is 2.52. The molecule has 458 valence electrons. The van der Waals surface area contributed by atoms with Gasteiger partial charge in [0, 0.05) is 82.3 Å². The molecule has 0 saturated carbocycles. The minimum atomic E-state index is -0.643. The molecule has 8 bridgehead atoms. The van der Waals surface area contributed by atoms with Crippen LogP contribution in [0.25, 0.3) is 0 Å². The van der Waals surface area contributed by atoms with E-state index in [0.717, 1.165) is 62.2 Å². The second kappa shape index (κ2) is 25.4. The van der Waals surface area contributed by atoms with Crippen LogP contribution in [0.2, 0.25) is 0 Å². The Morgan fingerprint density at radius 2 is 0.953 bits per heavy atom. The summed E-state index contributed by atoms with van der Waals surface area (Å²) in [6, 6.07) is 41.3. The molecular weight excluding hydrogens is 1070 g/mol. The molecule has 13 atom stereocenters. The van der Waals surface area contributed by atoms with Crippen LogP contribution in [0.3, 0.4) is 0 Å². The van der Waals surface area contributed by atoms with E-state index in [1.54, 1.807) is 0 Å². The first-order valence-corrected chi connectivity index (χ1v) is 31.6. The fourth-order valence-electron chi connectivity index (χ4n) is 13.6. The molecule has 4 aromatic carbocycles. The third-order valence-electron chi connectivity index (χ3n) is 18.7. The molecule has 0 amide bonds. The van der Waals surface area contributed by atoms with E-state index in [1.807, 2.05) is 24.3 Å². The predicted octanol–water partition coefficient (Wildman–Crippen LogP) is 14.8. The van der Waals surface area contributed by atoms with Gasteiger partial charge in [0.1, 0.15) is 0 Å². The third-order valence-corrected chi connectivity index (χ3v) is 18.7. The Morgan fingerprint density at radius 1 is 0.500 bits per heavy atom. The largest absolute Gasteiger partial charge is 0.375 e. The number of hydrogen-bond donors (Lipinski definition) is 1. The first-order valence-electron chi connectivity index (χ1n) is 31.6. The number of nitrogens with zero attached hydrogens (tertiary/aromatic N) is 3. The van der Waals surface area contributed by atoms with Gasteiger partial charge in [0.15, 0.2) is 0 Å². The maximum absolute atomic E-state index is 7.40. The molecule has 0 radical (unpaired) electrons. The number of allylic oxidation sites excluding steroid dienone is 6. The summed E-state index contributed by atoms with van der Waals surface area (Å²) >= 11 is 0. The third kappa shape index (κ3) is 14.4. The van der Waals surface area contributed by atoms with Crippen molar-refractivity contribution < 1.29 is 37.9 Å². The van der Waals surface area contributed by atoms with Crippen molar-refractivity contribution in [2.24, 2.45) is 36.6 Å². The predicted molar refractivity (Wildman–Crippen MR) is 342 cm³/mol. The number of ether oxygens (including phenoxy) is 8. The molecule has 3 fully saturated rings. The minimum Gasteiger partial charge on any atom is -0.375 e. The van der Waals surface area contributed by atoms with Gasteiger partial charge in [-0.3, -0.25) is 15.0 Å². The van der Waals surface area contributed by atoms with Crippen LogP contribution in [0.4, 0.5) is 0 Å². The smallest absolute Gasteiger partial charge is 0.0955 e. The molecule has 11 rings (SSSR count). The lowest BCUT2D eigenvalue weighted by Crippen LogP contribution is -2.56. The first-order chi connectivity index (χ1) is 41.0. The summed E-state index contributed by atoms with van der Waals surface area (Å²) in [5, 5.41) is 4.02. The fraction of sp³-hybridized carbons (Fsp3) is 0.527. The van der Waals surface area contributed by atoms with E-state index < -0.39 is 21.7 Å². The number of aliphatic imine (C=N–C) groups is 3. The van der Waals surface area contributed by atoms with Gasteiger partial charge < -0.3 is 43.2 Å². The Morgan fingerprint density at radius 3 is 1.45 bits per heavy atom. The lowest BCUT2D eigenvalue weighted by molar-refractivity contribution is -0.226. The number of benzene rings is 4. The van der Waals surface area contributed by atoms with E-state index >= 15 is 0 Å². The van der Waals surface area contributed by atoms with Crippen LogP contribution in [0.5, 0.6) is 0 Å². The van der Waals surface area contributed by atoms with Crippen molar-refractivity contribution >= 4 is 17.1 Å². The number of nitrogens with one attached hydrogen (secondary N) is 1. The SMILES string of the molecule is C[C@H]1O[C@@H]([C@]2(C)C/C3=C/C4=NC(=C\C5N=C(/C=C6/CC(C)(COC(C)(C)C)/C(=C/C2=N3)N6)C[C@@]5(C)[C@@H]2O[C@H](C)[C@H](OCc3ccccc3)C[C@H]2OCc2ccccc2)/CC4(C)COC(C)(C)C)[C@H](OCc2ccccc2)C[C@H]1OCc1ccccc1. The highest BCUT2D eigenvalue weighted by Gasteiger charge is 2.56. The van der Waals surface area contributed by atoms with Crippen molar-refractivity contribution in [3.63, 3.8) is 0 Å². The molecule has 7 heterocycles. The summed E-state index contributed by atoms with van der Waals surface area (Å²) < 4.78 is 56.0. The topological polar surface area (TPSA) is 123 Å². The van der Waals surface area contributed by atoms with Crippen LogP contribution in [-0.2, 0) is 64.3 Å². The van der Waals surface area contributed by atoms with Crippen LogP contribution in [0, 0.1) is 21.7 Å². The van der Waals surface area contributed by atoms with Crippen LogP contribution in [0.1, 0.15) is 144 Å². The van der Waals surface area contributed by atoms with Gasteiger partial charge in [-0.15, -0.1) is 0 Å². The van der Waals surface area contributed by atoms with Crippen molar-refractivity contribution in [3.05, 3.63) is 191 Å². The maximum atomic E-state index is 7.40. The van der Waals surface area contributed by atoms with Crippen LogP contribution in [0.15, 0.2) is 183 Å². The normalized spacial score (nSPS) is 35.2. The second-order valence-corrected chi connectivity index (χ2v) is 28.6. The monoisotopic (exact) mass is 1170 g/mol. The lowest BCUT2D eigenvalue weighted by atomic mass is 9.71. The Hall–Kier alpha value is -5.67. The molecule has 3 saturated heterocycles. The molecule has 0 aromatic heterocycles. The molecule has 7 aliphatic rings. The summed E-state index contributed by atoms with van der Waals surface area (Å²) in [5.41, 5.74) is 8.52. The van der Waals surface area contributed by atoms with E-state index in [0.29, 0.717) is 78.2 Å². The molecule has 7 aliphatic heterocycles. The summed E-state index contributed by atoms with van der Waals surface area (Å²) in [7, 11) is 0. The van der Waals surface area contributed by atoms with Gasteiger partial charge in [0.25, 0.3) is 0 Å². The average molecular weight is 1170 g/mol. The molecule has 12 heteroatoms. The molecule has 4 aromatic rings. The van der Waals surface area contributed by atoms with Crippen LogP contribution in [-0.4, -0.2) is 96.4 Å². The zero-order valence-electron chi connectivity index (χ0n) is 53.1. The van der Waals surface area contributed by atoms with Gasteiger partial charge in [0.2, 0.25) is 0 Å². The van der Waals surface area contributed by atoms with E-state index in [4.69, 9.17) is 52.9 Å². The summed E-state index contributed by atoms with van der Waals surface area (Å²) in [6.07, 6.45) is 11.1. The van der Waals surface area contributed by atoms with Gasteiger partial charge in [0.05, 0.1) is 117 Å². The van der Waals surface area contributed by atoms with E-state index in [1.165, 1.54) is 0 Å². The molecule has 86 heavy (non-hydrogen) atoms. The Kier molecular flexibility index (Phi) is 18.3. The highest BCUT2D eigenvalue weighted by molar-refractivity contribution is 6.07. The average Bonchev–Trinajstić information content (AvgIpc) is 1.61. The van der Waals surface area contributed by atoms with Gasteiger partial charge in [-0.1, -0.05) is 149 Å². The Labute approximate surface area is 512 Å². The molecule has 0 spiro atoms. The van der Waals surface area contributed by atoms with E-state index in [2.05, 4.69) is 210 Å². The quantitative estimate of drug-likeness (QED) is 0.104. The Balaban J connectivity index is 0.997. The summed E-state index contributed by atoms with van der Waals surface area (Å²) in [5.74, 6) is 0. The van der Waals surface area contributed by atoms with Crippen molar-refractivity contribution in [1.29, 1.82) is 0 Å². The number of hydrogen-bond acceptors (Lipinski definition) is 12. The summed E-state index contributed by atoms with van der Waals surface area (Å²) in [4.78, 5) is 17.2. The van der Waals surface area contributed by atoms with Gasteiger partial charge in [-0.05, 0) is 108 Å². The van der Waals surface area contributed by atoms with Crippen molar-refractivity contribution in [3.8, 4) is 0 Å². The van der Waals surface area contributed by atoms with Gasteiger partial charge >= 0.3 is 0 Å². The fourth-order valence-corrected chi connectivity index (χ4v) is 13.6. The number of fused-ring (bicyclic) bond motifs is 5. The maximum Gasteiger partial charge on any atom is 0.0955 e. The molecule has 1 N–H and O–H groups in total. The molecular formula is C74H94N4O8. The lowest BCUT2D eigenvalue weighted by Gasteiger charge is -2.48. The second-order valence-electron chi connectivity index (χ2n) is 28.6. The highest BCUT2D eigenvalue weighted by atomic mass is 16.6. The molecule has 0 aliphatic carbocycles.